The minimum atomic E-state index is -2.74. The molecule has 2 heterocycles. The zero-order valence-corrected chi connectivity index (χ0v) is 13.9. The Morgan fingerprint density at radius 2 is 1.79 bits per heavy atom. The SMILES string of the molecule is CC12CCN(CCN3CCS(=O)(=O)CC3)CC1C2Br. The summed E-state index contributed by atoms with van der Waals surface area (Å²) in [5, 5.41) is 0. The minimum absolute atomic E-state index is 0.344. The molecule has 110 valence electrons. The van der Waals surface area contributed by atoms with Crippen LogP contribution in [-0.2, 0) is 9.84 Å². The van der Waals surface area contributed by atoms with Crippen molar-refractivity contribution in [2.24, 2.45) is 11.3 Å². The van der Waals surface area contributed by atoms with E-state index in [9.17, 15) is 8.42 Å². The third-order valence-corrected chi connectivity index (χ3v) is 8.61. The Balaban J connectivity index is 1.42. The monoisotopic (exact) mass is 350 g/mol. The van der Waals surface area contributed by atoms with Crippen LogP contribution in [0.4, 0.5) is 0 Å². The zero-order valence-electron chi connectivity index (χ0n) is 11.5. The van der Waals surface area contributed by atoms with Gasteiger partial charge in [-0.2, -0.15) is 0 Å². The molecule has 2 saturated heterocycles. The number of alkyl halides is 1. The fourth-order valence-corrected chi connectivity index (χ4v) is 5.92. The Hall–Kier alpha value is 0.350. The largest absolute Gasteiger partial charge is 0.302 e. The number of hydrogen-bond donors (Lipinski definition) is 0. The van der Waals surface area contributed by atoms with E-state index < -0.39 is 9.84 Å². The molecule has 2 aliphatic heterocycles. The van der Waals surface area contributed by atoms with Crippen molar-refractivity contribution in [2.75, 3.05) is 50.8 Å². The smallest absolute Gasteiger partial charge is 0.152 e. The second-order valence-corrected chi connectivity index (χ2v) is 9.85. The Bertz CT molecular complexity index is 442. The van der Waals surface area contributed by atoms with Gasteiger partial charge in [-0.15, -0.1) is 0 Å². The third kappa shape index (κ3) is 2.87. The molecule has 0 radical (unpaired) electrons. The number of halogens is 1. The number of sulfone groups is 1. The molecule has 3 aliphatic rings. The van der Waals surface area contributed by atoms with Crippen molar-refractivity contribution in [1.29, 1.82) is 0 Å². The summed E-state index contributed by atoms with van der Waals surface area (Å²) in [6, 6.07) is 0. The van der Waals surface area contributed by atoms with Crippen molar-refractivity contribution in [2.45, 2.75) is 18.2 Å². The van der Waals surface area contributed by atoms with Crippen molar-refractivity contribution in [3.8, 4) is 0 Å². The number of hydrogen-bond acceptors (Lipinski definition) is 4. The first-order valence-corrected chi connectivity index (χ1v) is 9.94. The van der Waals surface area contributed by atoms with Gasteiger partial charge in [0.05, 0.1) is 11.5 Å². The molecule has 0 spiro atoms. The predicted octanol–water partition coefficient (Wildman–Crippen LogP) is 0.822. The molecule has 1 aliphatic carbocycles. The van der Waals surface area contributed by atoms with Crippen LogP contribution in [-0.4, -0.2) is 73.8 Å². The highest BCUT2D eigenvalue weighted by Gasteiger charge is 2.61. The van der Waals surface area contributed by atoms with Gasteiger partial charge in [0.2, 0.25) is 0 Å². The van der Waals surface area contributed by atoms with E-state index in [1.807, 2.05) is 0 Å². The summed E-state index contributed by atoms with van der Waals surface area (Å²) in [4.78, 5) is 5.56. The molecule has 0 aromatic rings. The highest BCUT2D eigenvalue weighted by atomic mass is 79.9. The predicted molar refractivity (Wildman–Crippen MR) is 80.5 cm³/mol. The first kappa shape index (κ1) is 14.3. The molecule has 3 unspecified atom stereocenters. The molecule has 3 fully saturated rings. The maximum absolute atomic E-state index is 11.4. The molecule has 0 amide bonds. The molecule has 19 heavy (non-hydrogen) atoms. The van der Waals surface area contributed by atoms with Crippen molar-refractivity contribution >= 4 is 25.8 Å². The summed E-state index contributed by atoms with van der Waals surface area (Å²) in [7, 11) is -2.74. The molecule has 0 aromatic carbocycles. The van der Waals surface area contributed by atoms with Gasteiger partial charge in [0.15, 0.2) is 9.84 Å². The molecule has 0 bridgehead atoms. The first-order chi connectivity index (χ1) is 8.91. The Labute approximate surface area is 124 Å². The lowest BCUT2D eigenvalue weighted by atomic mass is 9.98. The number of piperidine rings is 1. The summed E-state index contributed by atoms with van der Waals surface area (Å²) in [5.74, 6) is 1.51. The third-order valence-electron chi connectivity index (χ3n) is 5.31. The fourth-order valence-electron chi connectivity index (χ4n) is 3.45. The number of likely N-dealkylation sites (tertiary alicyclic amines) is 1. The molecular weight excluding hydrogens is 328 g/mol. The maximum Gasteiger partial charge on any atom is 0.152 e. The van der Waals surface area contributed by atoms with E-state index in [1.54, 1.807) is 0 Å². The molecular formula is C13H23BrN2O2S. The van der Waals surface area contributed by atoms with Crippen LogP contribution in [0.15, 0.2) is 0 Å². The first-order valence-electron chi connectivity index (χ1n) is 7.20. The Morgan fingerprint density at radius 1 is 1.16 bits per heavy atom. The van der Waals surface area contributed by atoms with Crippen molar-refractivity contribution < 1.29 is 8.42 Å². The van der Waals surface area contributed by atoms with E-state index >= 15 is 0 Å². The number of nitrogens with zero attached hydrogens (tertiary/aromatic N) is 2. The van der Waals surface area contributed by atoms with Gasteiger partial charge in [0.1, 0.15) is 0 Å². The van der Waals surface area contributed by atoms with Crippen LogP contribution in [0.1, 0.15) is 13.3 Å². The van der Waals surface area contributed by atoms with Crippen LogP contribution >= 0.6 is 15.9 Å². The molecule has 4 nitrogen and oxygen atoms in total. The van der Waals surface area contributed by atoms with Gasteiger partial charge in [-0.25, -0.2) is 8.42 Å². The van der Waals surface area contributed by atoms with E-state index in [0.717, 1.165) is 32.1 Å². The van der Waals surface area contributed by atoms with E-state index in [4.69, 9.17) is 0 Å². The molecule has 1 saturated carbocycles. The molecule has 0 aromatic heterocycles. The molecule has 0 N–H and O–H groups in total. The Kier molecular flexibility index (Phi) is 3.74. The van der Waals surface area contributed by atoms with Crippen LogP contribution in [0, 0.1) is 11.3 Å². The van der Waals surface area contributed by atoms with Gasteiger partial charge in [-0.3, -0.25) is 0 Å². The quantitative estimate of drug-likeness (QED) is 0.706. The van der Waals surface area contributed by atoms with Gasteiger partial charge in [-0.1, -0.05) is 22.9 Å². The topological polar surface area (TPSA) is 40.6 Å². The summed E-state index contributed by atoms with van der Waals surface area (Å²) < 4.78 is 22.8. The van der Waals surface area contributed by atoms with Crippen molar-refractivity contribution in [3.05, 3.63) is 0 Å². The Morgan fingerprint density at radius 3 is 2.42 bits per heavy atom. The van der Waals surface area contributed by atoms with Crippen LogP contribution in [0.3, 0.4) is 0 Å². The van der Waals surface area contributed by atoms with Crippen LogP contribution in [0.25, 0.3) is 0 Å². The van der Waals surface area contributed by atoms with E-state index in [0.29, 0.717) is 21.7 Å². The van der Waals surface area contributed by atoms with Crippen LogP contribution in [0.5, 0.6) is 0 Å². The van der Waals surface area contributed by atoms with Crippen molar-refractivity contribution in [1.82, 2.24) is 9.80 Å². The molecule has 3 atom stereocenters. The lowest BCUT2D eigenvalue weighted by molar-refractivity contribution is 0.160. The van der Waals surface area contributed by atoms with E-state index in [2.05, 4.69) is 32.7 Å². The fraction of sp³-hybridized carbons (Fsp3) is 1.00. The lowest BCUT2D eigenvalue weighted by Gasteiger charge is -2.33. The van der Waals surface area contributed by atoms with Crippen molar-refractivity contribution in [3.63, 3.8) is 0 Å². The van der Waals surface area contributed by atoms with Gasteiger partial charge < -0.3 is 9.80 Å². The van der Waals surface area contributed by atoms with E-state index in [1.165, 1.54) is 19.5 Å². The summed E-state index contributed by atoms with van der Waals surface area (Å²) in [6.07, 6.45) is 1.29. The highest BCUT2D eigenvalue weighted by Crippen LogP contribution is 2.61. The van der Waals surface area contributed by atoms with Gasteiger partial charge >= 0.3 is 0 Å². The number of rotatable bonds is 3. The minimum Gasteiger partial charge on any atom is -0.302 e. The summed E-state index contributed by atoms with van der Waals surface area (Å²) in [6.45, 7) is 8.35. The second kappa shape index (κ2) is 4.97. The van der Waals surface area contributed by atoms with Gasteiger partial charge in [0.25, 0.3) is 0 Å². The standard InChI is InChI=1S/C13H23BrN2O2S/c1-13-2-3-16(10-11(13)12(13)14)5-4-15-6-8-19(17,18)9-7-15/h11-12H,2-10H2,1H3. The summed E-state index contributed by atoms with van der Waals surface area (Å²) in [5.41, 5.74) is 0.551. The zero-order chi connectivity index (χ0) is 13.7. The van der Waals surface area contributed by atoms with Crippen LogP contribution < -0.4 is 0 Å². The second-order valence-electron chi connectivity index (χ2n) is 6.56. The maximum atomic E-state index is 11.4. The molecule has 6 heteroatoms. The lowest BCUT2D eigenvalue weighted by Crippen LogP contribution is -2.45. The van der Waals surface area contributed by atoms with Crippen LogP contribution in [0.2, 0.25) is 0 Å². The van der Waals surface area contributed by atoms with Gasteiger partial charge in [-0.05, 0) is 24.3 Å². The number of fused-ring (bicyclic) bond motifs is 1. The highest BCUT2D eigenvalue weighted by molar-refractivity contribution is 9.09. The average Bonchev–Trinajstić information content (AvgIpc) is 2.91. The van der Waals surface area contributed by atoms with E-state index in [-0.39, 0.29) is 0 Å². The molecule has 3 rings (SSSR count). The van der Waals surface area contributed by atoms with Gasteiger partial charge in [0, 0.05) is 37.6 Å². The normalized spacial score (nSPS) is 42.8. The average molecular weight is 351 g/mol. The summed E-state index contributed by atoms with van der Waals surface area (Å²) >= 11 is 3.80.